The lowest BCUT2D eigenvalue weighted by Crippen LogP contribution is -2.21. The van der Waals surface area contributed by atoms with Gasteiger partial charge in [-0.05, 0) is 39.5 Å². The van der Waals surface area contributed by atoms with E-state index in [-0.39, 0.29) is 0 Å². The van der Waals surface area contributed by atoms with Crippen LogP contribution in [0.4, 0.5) is 0 Å². The molecular formula is C15H24BrNS. The maximum atomic E-state index is 3.68. The van der Waals surface area contributed by atoms with Crippen molar-refractivity contribution < 1.29 is 0 Å². The molecule has 3 heteroatoms. The zero-order valence-corrected chi connectivity index (χ0v) is 14.4. The molecule has 1 aromatic carbocycles. The Morgan fingerprint density at radius 3 is 2.33 bits per heavy atom. The van der Waals surface area contributed by atoms with E-state index in [2.05, 4.69) is 74.1 Å². The fourth-order valence-electron chi connectivity index (χ4n) is 1.41. The highest BCUT2D eigenvalue weighted by molar-refractivity contribution is 9.10. The van der Waals surface area contributed by atoms with E-state index < -0.39 is 0 Å². The van der Waals surface area contributed by atoms with Gasteiger partial charge < -0.3 is 5.32 Å². The Kier molecular flexibility index (Phi) is 6.75. The van der Waals surface area contributed by atoms with E-state index in [0.29, 0.717) is 17.2 Å². The Labute approximate surface area is 124 Å². The smallest absolute Gasteiger partial charge is 0.0314 e. The van der Waals surface area contributed by atoms with Gasteiger partial charge in [-0.3, -0.25) is 0 Å². The summed E-state index contributed by atoms with van der Waals surface area (Å²) >= 11 is 5.63. The Balaban J connectivity index is 2.67. The second-order valence-corrected chi connectivity index (χ2v) is 7.64. The minimum atomic E-state index is 0.527. The summed E-state index contributed by atoms with van der Waals surface area (Å²) in [7, 11) is 0. The van der Waals surface area contributed by atoms with E-state index >= 15 is 0 Å². The van der Waals surface area contributed by atoms with Gasteiger partial charge in [0.15, 0.2) is 0 Å². The number of hydrogen-bond donors (Lipinski definition) is 1. The summed E-state index contributed by atoms with van der Waals surface area (Å²) in [5.41, 5.74) is 1.33. The van der Waals surface area contributed by atoms with Gasteiger partial charge in [-0.25, -0.2) is 0 Å². The predicted molar refractivity (Wildman–Crippen MR) is 86.3 cm³/mol. The lowest BCUT2D eigenvalue weighted by molar-refractivity contribution is 0.588. The molecule has 0 saturated carbocycles. The van der Waals surface area contributed by atoms with Crippen LogP contribution < -0.4 is 5.32 Å². The van der Waals surface area contributed by atoms with Gasteiger partial charge in [-0.1, -0.05) is 40.7 Å². The molecule has 1 atom stereocenters. The molecule has 0 aliphatic carbocycles. The summed E-state index contributed by atoms with van der Waals surface area (Å²) in [6.45, 7) is 12.1. The number of halogens is 1. The third-order valence-electron chi connectivity index (χ3n) is 2.96. The van der Waals surface area contributed by atoms with Crippen molar-refractivity contribution in [3.05, 3.63) is 28.2 Å². The molecule has 0 aromatic heterocycles. The van der Waals surface area contributed by atoms with Gasteiger partial charge in [0.2, 0.25) is 0 Å². The number of thioether (sulfide) groups is 1. The quantitative estimate of drug-likeness (QED) is 0.730. The first-order chi connectivity index (χ1) is 8.40. The van der Waals surface area contributed by atoms with Crippen molar-refractivity contribution in [2.24, 2.45) is 5.92 Å². The van der Waals surface area contributed by atoms with Crippen molar-refractivity contribution in [2.45, 2.75) is 57.4 Å². The van der Waals surface area contributed by atoms with Crippen LogP contribution in [0.3, 0.4) is 0 Å². The van der Waals surface area contributed by atoms with E-state index in [1.807, 2.05) is 11.8 Å². The molecule has 1 aromatic rings. The molecule has 1 N–H and O–H groups in total. The van der Waals surface area contributed by atoms with Crippen LogP contribution in [0.15, 0.2) is 27.6 Å². The van der Waals surface area contributed by atoms with Crippen LogP contribution in [0.2, 0.25) is 0 Å². The Hall–Kier alpha value is 0.01000. The largest absolute Gasteiger partial charge is 0.310 e. The highest BCUT2D eigenvalue weighted by Gasteiger charge is 2.11. The molecule has 1 rings (SSSR count). The van der Waals surface area contributed by atoms with Crippen molar-refractivity contribution in [2.75, 3.05) is 0 Å². The number of benzene rings is 1. The number of nitrogens with one attached hydrogen (secondary N) is 1. The second kappa shape index (κ2) is 7.56. The molecule has 0 bridgehead atoms. The first kappa shape index (κ1) is 16.1. The maximum Gasteiger partial charge on any atom is 0.0314 e. The zero-order valence-electron chi connectivity index (χ0n) is 12.0. The molecule has 1 nitrogen and oxygen atoms in total. The van der Waals surface area contributed by atoms with Gasteiger partial charge >= 0.3 is 0 Å². The SMILES string of the molecule is CC(C)NCc1ccc(SC(C)C(C)C)c(Br)c1. The molecule has 0 heterocycles. The highest BCUT2D eigenvalue weighted by Crippen LogP contribution is 2.33. The molecule has 0 radical (unpaired) electrons. The Morgan fingerprint density at radius 1 is 1.17 bits per heavy atom. The first-order valence-corrected chi connectivity index (χ1v) is 8.26. The molecule has 18 heavy (non-hydrogen) atoms. The van der Waals surface area contributed by atoms with Gasteiger partial charge in [0.05, 0.1) is 0 Å². The topological polar surface area (TPSA) is 12.0 Å². The lowest BCUT2D eigenvalue weighted by atomic mass is 10.2. The van der Waals surface area contributed by atoms with Crippen molar-refractivity contribution in [3.8, 4) is 0 Å². The van der Waals surface area contributed by atoms with Crippen molar-refractivity contribution in [3.63, 3.8) is 0 Å². The van der Waals surface area contributed by atoms with Crippen LogP contribution in [0.1, 0.15) is 40.2 Å². The predicted octanol–water partition coefficient (Wildman–Crippen LogP) is 5.08. The number of hydrogen-bond acceptors (Lipinski definition) is 2. The monoisotopic (exact) mass is 329 g/mol. The van der Waals surface area contributed by atoms with Crippen molar-refractivity contribution in [1.29, 1.82) is 0 Å². The second-order valence-electron chi connectivity index (χ2n) is 5.37. The summed E-state index contributed by atoms with van der Waals surface area (Å²) in [6, 6.07) is 7.20. The van der Waals surface area contributed by atoms with Crippen molar-refractivity contribution in [1.82, 2.24) is 5.32 Å². The third-order valence-corrected chi connectivity index (χ3v) is 5.41. The molecule has 102 valence electrons. The molecule has 0 saturated heterocycles. The summed E-state index contributed by atoms with van der Waals surface area (Å²) in [4.78, 5) is 1.34. The molecule has 0 spiro atoms. The Morgan fingerprint density at radius 2 is 1.83 bits per heavy atom. The minimum absolute atomic E-state index is 0.527. The van der Waals surface area contributed by atoms with Crippen LogP contribution in [0.5, 0.6) is 0 Å². The van der Waals surface area contributed by atoms with Crippen LogP contribution >= 0.6 is 27.7 Å². The van der Waals surface area contributed by atoms with Crippen LogP contribution in [0, 0.1) is 5.92 Å². The van der Waals surface area contributed by atoms with E-state index in [4.69, 9.17) is 0 Å². The summed E-state index contributed by atoms with van der Waals surface area (Å²) < 4.78 is 1.21. The van der Waals surface area contributed by atoms with Crippen LogP contribution in [0.25, 0.3) is 0 Å². The summed E-state index contributed by atoms with van der Waals surface area (Å²) in [5.74, 6) is 0.698. The average Bonchev–Trinajstić information content (AvgIpc) is 2.29. The van der Waals surface area contributed by atoms with E-state index in [1.165, 1.54) is 14.9 Å². The average molecular weight is 330 g/mol. The highest BCUT2D eigenvalue weighted by atomic mass is 79.9. The molecule has 0 amide bonds. The summed E-state index contributed by atoms with van der Waals surface area (Å²) in [5, 5.41) is 4.08. The zero-order chi connectivity index (χ0) is 13.7. The molecule has 0 fully saturated rings. The molecule has 0 aliphatic rings. The van der Waals surface area contributed by atoms with Crippen molar-refractivity contribution >= 4 is 27.7 Å². The van der Waals surface area contributed by atoms with E-state index in [9.17, 15) is 0 Å². The third kappa shape index (κ3) is 5.33. The van der Waals surface area contributed by atoms with Gasteiger partial charge in [0.25, 0.3) is 0 Å². The van der Waals surface area contributed by atoms with Gasteiger partial charge in [0, 0.05) is 27.2 Å². The van der Waals surface area contributed by atoms with Gasteiger partial charge in [-0.15, -0.1) is 11.8 Å². The maximum absolute atomic E-state index is 3.68. The fourth-order valence-corrected chi connectivity index (χ4v) is 3.11. The lowest BCUT2D eigenvalue weighted by Gasteiger charge is -2.16. The van der Waals surface area contributed by atoms with E-state index in [1.54, 1.807) is 0 Å². The van der Waals surface area contributed by atoms with E-state index in [0.717, 1.165) is 6.54 Å². The Bertz CT molecular complexity index is 377. The summed E-state index contributed by atoms with van der Waals surface area (Å²) in [6.07, 6.45) is 0. The molecular weight excluding hydrogens is 306 g/mol. The van der Waals surface area contributed by atoms with Crippen LogP contribution in [-0.4, -0.2) is 11.3 Å². The van der Waals surface area contributed by atoms with Crippen LogP contribution in [-0.2, 0) is 6.54 Å². The number of rotatable bonds is 6. The van der Waals surface area contributed by atoms with Gasteiger partial charge in [-0.2, -0.15) is 0 Å². The molecule has 1 unspecified atom stereocenters. The standard InChI is InChI=1S/C15H24BrNS/c1-10(2)12(5)18-15-7-6-13(8-14(15)16)9-17-11(3)4/h6-8,10-12,17H,9H2,1-5H3. The normalized spacial score (nSPS) is 13.3. The fraction of sp³-hybridized carbons (Fsp3) is 0.600. The van der Waals surface area contributed by atoms with Gasteiger partial charge in [0.1, 0.15) is 0 Å². The minimum Gasteiger partial charge on any atom is -0.310 e. The first-order valence-electron chi connectivity index (χ1n) is 6.58. The molecule has 0 aliphatic heterocycles.